The van der Waals surface area contributed by atoms with Gasteiger partial charge in [-0.05, 0) is 17.2 Å². The Bertz CT molecular complexity index is 633. The predicted octanol–water partition coefficient (Wildman–Crippen LogP) is 3.52. The van der Waals surface area contributed by atoms with Crippen molar-refractivity contribution in [3.05, 3.63) is 77.9 Å². The molecule has 0 spiro atoms. The number of rotatable bonds is 7. The zero-order valence-electron chi connectivity index (χ0n) is 13.8. The van der Waals surface area contributed by atoms with Crippen LogP contribution in [0, 0.1) is 0 Å². The lowest BCUT2D eigenvalue weighted by Gasteiger charge is -2.27. The maximum atomic E-state index is 12.0. The van der Waals surface area contributed by atoms with E-state index in [9.17, 15) is 4.79 Å². The number of quaternary nitrogens is 1. The Morgan fingerprint density at radius 1 is 1.00 bits per heavy atom. The van der Waals surface area contributed by atoms with Crippen LogP contribution in [-0.2, 0) is 16.1 Å². The molecule has 0 heterocycles. The van der Waals surface area contributed by atoms with Crippen molar-refractivity contribution in [2.24, 2.45) is 0 Å². The van der Waals surface area contributed by atoms with Crippen molar-refractivity contribution in [1.29, 1.82) is 0 Å². The second kappa shape index (κ2) is 8.30. The van der Waals surface area contributed by atoms with Gasteiger partial charge in [0.2, 0.25) is 0 Å². The summed E-state index contributed by atoms with van der Waals surface area (Å²) in [6.45, 7) is 1.46. The number of carbonyl (C=O) groups is 1. The molecular formula is C20H24NO2+. The van der Waals surface area contributed by atoms with Gasteiger partial charge < -0.3 is 9.22 Å². The smallest absolute Gasteiger partial charge is 0.362 e. The Morgan fingerprint density at radius 3 is 2.26 bits per heavy atom. The summed E-state index contributed by atoms with van der Waals surface area (Å²) in [5, 5.41) is 0. The van der Waals surface area contributed by atoms with Crippen molar-refractivity contribution in [2.75, 3.05) is 27.2 Å². The molecule has 0 radical (unpaired) electrons. The molecule has 0 atom stereocenters. The molecule has 0 fully saturated rings. The molecule has 0 amide bonds. The Kier molecular flexibility index (Phi) is 6.12. The molecule has 2 aromatic rings. The van der Waals surface area contributed by atoms with Crippen LogP contribution in [0.1, 0.15) is 11.1 Å². The Morgan fingerprint density at radius 2 is 1.61 bits per heavy atom. The Balaban J connectivity index is 1.78. The molecule has 0 N–H and O–H groups in total. The van der Waals surface area contributed by atoms with Crippen LogP contribution in [0.4, 0.5) is 0 Å². The highest BCUT2D eigenvalue weighted by atomic mass is 16.5. The van der Waals surface area contributed by atoms with Crippen LogP contribution in [0.2, 0.25) is 0 Å². The van der Waals surface area contributed by atoms with Gasteiger partial charge in [0.15, 0.2) is 6.54 Å². The number of hydrogen-bond donors (Lipinski definition) is 0. The first-order chi connectivity index (χ1) is 11.1. The average Bonchev–Trinajstić information content (AvgIpc) is 2.54. The number of nitrogens with zero attached hydrogens (tertiary/aromatic N) is 1. The summed E-state index contributed by atoms with van der Waals surface area (Å²) in [4.78, 5) is 12.0. The van der Waals surface area contributed by atoms with Gasteiger partial charge in [-0.1, -0.05) is 66.7 Å². The van der Waals surface area contributed by atoms with Crippen LogP contribution in [0.25, 0.3) is 6.08 Å². The largest absolute Gasteiger partial charge is 0.457 e. The lowest BCUT2D eigenvalue weighted by Crippen LogP contribution is -2.44. The molecule has 0 unspecified atom stereocenters. The maximum absolute atomic E-state index is 12.0. The third-order valence-corrected chi connectivity index (χ3v) is 3.51. The molecule has 0 bridgehead atoms. The van der Waals surface area contributed by atoms with Gasteiger partial charge in [0.25, 0.3) is 0 Å². The first kappa shape index (κ1) is 17.0. The second-order valence-electron chi connectivity index (χ2n) is 6.24. The van der Waals surface area contributed by atoms with Crippen LogP contribution in [-0.4, -0.2) is 37.6 Å². The first-order valence-corrected chi connectivity index (χ1v) is 7.78. The van der Waals surface area contributed by atoms with Gasteiger partial charge in [-0.2, -0.15) is 0 Å². The molecule has 0 saturated carbocycles. The Labute approximate surface area is 138 Å². The van der Waals surface area contributed by atoms with Gasteiger partial charge in [0.05, 0.1) is 20.6 Å². The van der Waals surface area contributed by atoms with Crippen LogP contribution in [0.15, 0.2) is 66.7 Å². The standard InChI is InChI=1S/C20H24NO2/c1-21(2,15-9-14-18-10-5-3-6-11-18)16-20(22)23-17-19-12-7-4-8-13-19/h3-14H,15-17H2,1-2H3/q+1/b14-9+. The van der Waals surface area contributed by atoms with E-state index in [4.69, 9.17) is 4.74 Å². The van der Waals surface area contributed by atoms with Crippen LogP contribution in [0.3, 0.4) is 0 Å². The van der Waals surface area contributed by atoms with E-state index >= 15 is 0 Å². The molecule has 0 aliphatic rings. The fourth-order valence-corrected chi connectivity index (χ4v) is 2.24. The molecule has 0 saturated heterocycles. The fourth-order valence-electron chi connectivity index (χ4n) is 2.24. The highest BCUT2D eigenvalue weighted by Gasteiger charge is 2.19. The lowest BCUT2D eigenvalue weighted by atomic mass is 10.2. The minimum absolute atomic E-state index is 0.174. The molecule has 3 heteroatoms. The van der Waals surface area contributed by atoms with Gasteiger partial charge in [0, 0.05) is 0 Å². The van der Waals surface area contributed by atoms with Crippen LogP contribution in [0.5, 0.6) is 0 Å². The zero-order chi connectivity index (χ0) is 16.5. The third-order valence-electron chi connectivity index (χ3n) is 3.51. The summed E-state index contributed by atoms with van der Waals surface area (Å²) in [5.74, 6) is -0.174. The molecular weight excluding hydrogens is 286 g/mol. The zero-order valence-corrected chi connectivity index (χ0v) is 13.8. The molecule has 3 nitrogen and oxygen atoms in total. The van der Waals surface area contributed by atoms with Crippen molar-refractivity contribution in [3.8, 4) is 0 Å². The molecule has 2 rings (SSSR count). The van der Waals surface area contributed by atoms with E-state index in [1.165, 1.54) is 5.56 Å². The SMILES string of the molecule is C[N+](C)(C/C=C/c1ccccc1)CC(=O)OCc1ccccc1. The number of ether oxygens (including phenoxy) is 1. The first-order valence-electron chi connectivity index (χ1n) is 7.78. The van der Waals surface area contributed by atoms with Gasteiger partial charge in [-0.3, -0.25) is 0 Å². The van der Waals surface area contributed by atoms with E-state index < -0.39 is 0 Å². The summed E-state index contributed by atoms with van der Waals surface area (Å²) in [5.41, 5.74) is 2.18. The number of esters is 1. The topological polar surface area (TPSA) is 26.3 Å². The monoisotopic (exact) mass is 310 g/mol. The highest BCUT2D eigenvalue weighted by molar-refractivity contribution is 5.70. The van der Waals surface area contributed by atoms with E-state index in [1.54, 1.807) is 0 Å². The van der Waals surface area contributed by atoms with E-state index in [0.717, 1.165) is 12.1 Å². The maximum Gasteiger partial charge on any atom is 0.362 e. The summed E-state index contributed by atoms with van der Waals surface area (Å²) in [7, 11) is 4.05. The average molecular weight is 310 g/mol. The van der Waals surface area contributed by atoms with E-state index in [2.05, 4.69) is 24.3 Å². The van der Waals surface area contributed by atoms with Crippen LogP contribution >= 0.6 is 0 Å². The molecule has 0 aliphatic heterocycles. The molecule has 0 aliphatic carbocycles. The number of carbonyl (C=O) groups excluding carboxylic acids is 1. The van der Waals surface area contributed by atoms with Crippen LogP contribution < -0.4 is 0 Å². The number of likely N-dealkylation sites (N-methyl/N-ethyl adjacent to an activating group) is 1. The molecule has 120 valence electrons. The second-order valence-corrected chi connectivity index (χ2v) is 6.24. The van der Waals surface area contributed by atoms with Crippen molar-refractivity contribution < 1.29 is 14.0 Å². The number of benzene rings is 2. The fraction of sp³-hybridized carbons (Fsp3) is 0.250. The Hall–Kier alpha value is -2.39. The summed E-state index contributed by atoms with van der Waals surface area (Å²) in [6, 6.07) is 19.9. The summed E-state index contributed by atoms with van der Waals surface area (Å²) in [6.07, 6.45) is 4.18. The van der Waals surface area contributed by atoms with Gasteiger partial charge >= 0.3 is 5.97 Å². The summed E-state index contributed by atoms with van der Waals surface area (Å²) >= 11 is 0. The molecule has 0 aromatic heterocycles. The van der Waals surface area contributed by atoms with E-state index in [-0.39, 0.29) is 5.97 Å². The predicted molar refractivity (Wildman–Crippen MR) is 93.6 cm³/mol. The van der Waals surface area contributed by atoms with E-state index in [0.29, 0.717) is 17.6 Å². The van der Waals surface area contributed by atoms with Crippen molar-refractivity contribution in [1.82, 2.24) is 0 Å². The summed E-state index contributed by atoms with van der Waals surface area (Å²) < 4.78 is 5.92. The third kappa shape index (κ3) is 6.49. The van der Waals surface area contributed by atoms with Gasteiger partial charge in [-0.25, -0.2) is 4.79 Å². The van der Waals surface area contributed by atoms with Gasteiger partial charge in [-0.15, -0.1) is 0 Å². The number of hydrogen-bond acceptors (Lipinski definition) is 2. The van der Waals surface area contributed by atoms with Crippen molar-refractivity contribution in [3.63, 3.8) is 0 Å². The highest BCUT2D eigenvalue weighted by Crippen LogP contribution is 2.05. The molecule has 2 aromatic carbocycles. The van der Waals surface area contributed by atoms with E-state index in [1.807, 2.05) is 62.6 Å². The minimum Gasteiger partial charge on any atom is -0.457 e. The quantitative estimate of drug-likeness (QED) is 0.578. The lowest BCUT2D eigenvalue weighted by molar-refractivity contribution is -0.877. The normalized spacial score (nSPS) is 11.6. The van der Waals surface area contributed by atoms with Crippen molar-refractivity contribution >= 4 is 12.0 Å². The van der Waals surface area contributed by atoms with Gasteiger partial charge in [0.1, 0.15) is 6.61 Å². The van der Waals surface area contributed by atoms with Crippen molar-refractivity contribution in [2.45, 2.75) is 6.61 Å². The molecule has 23 heavy (non-hydrogen) atoms. The minimum atomic E-state index is -0.174.